The van der Waals surface area contributed by atoms with Crippen LogP contribution in [0.5, 0.6) is 0 Å². The van der Waals surface area contributed by atoms with Crippen molar-refractivity contribution in [3.8, 4) is 0 Å². The molecule has 0 aliphatic rings. The number of anilines is 1. The third-order valence-electron chi connectivity index (χ3n) is 5.49. The van der Waals surface area contributed by atoms with Gasteiger partial charge in [-0.15, -0.1) is 16.8 Å². The van der Waals surface area contributed by atoms with Gasteiger partial charge in [-0.25, -0.2) is 8.42 Å². The summed E-state index contributed by atoms with van der Waals surface area (Å²) >= 11 is 1.27. The van der Waals surface area contributed by atoms with Gasteiger partial charge in [0.1, 0.15) is 11.6 Å². The van der Waals surface area contributed by atoms with Gasteiger partial charge in [0.25, 0.3) is 0 Å². The number of carbonyl (C=O) groups is 1. The molecule has 1 atom stereocenters. The summed E-state index contributed by atoms with van der Waals surface area (Å²) in [7, 11) is -3.60. The number of aryl methyl sites for hydroxylation is 3. The van der Waals surface area contributed by atoms with E-state index in [1.807, 2.05) is 45.9 Å². The lowest BCUT2D eigenvalue weighted by Crippen LogP contribution is -2.25. The van der Waals surface area contributed by atoms with Crippen molar-refractivity contribution in [1.82, 2.24) is 14.8 Å². The SMILES string of the molecule is C=CCn1c(CS(=O)(=O)c2ccc(C)cc2)nnc1SC(CC)C(=O)Nc1ccc(C)c(C)c1. The Morgan fingerprint density at radius 2 is 1.82 bits per heavy atom. The zero-order valence-electron chi connectivity index (χ0n) is 19.9. The molecule has 0 bridgehead atoms. The van der Waals surface area contributed by atoms with Crippen LogP contribution in [0.25, 0.3) is 0 Å². The quantitative estimate of drug-likeness (QED) is 0.317. The van der Waals surface area contributed by atoms with E-state index < -0.39 is 15.1 Å². The Kier molecular flexibility index (Phi) is 8.33. The topological polar surface area (TPSA) is 93.9 Å². The van der Waals surface area contributed by atoms with E-state index in [1.165, 1.54) is 11.8 Å². The molecule has 1 N–H and O–H groups in total. The first kappa shape index (κ1) is 25.7. The first-order valence-electron chi connectivity index (χ1n) is 11.0. The van der Waals surface area contributed by atoms with Gasteiger partial charge in [0, 0.05) is 12.2 Å². The van der Waals surface area contributed by atoms with E-state index >= 15 is 0 Å². The molecule has 2 aromatic carbocycles. The van der Waals surface area contributed by atoms with E-state index in [9.17, 15) is 13.2 Å². The molecule has 0 saturated carbocycles. The Balaban J connectivity index is 1.80. The van der Waals surface area contributed by atoms with E-state index in [1.54, 1.807) is 34.9 Å². The number of sulfone groups is 1. The number of amides is 1. The van der Waals surface area contributed by atoms with Crippen molar-refractivity contribution in [2.45, 2.75) is 61.7 Å². The van der Waals surface area contributed by atoms with Gasteiger partial charge in [0.2, 0.25) is 5.91 Å². The zero-order chi connectivity index (χ0) is 24.9. The standard InChI is InChI=1S/C25H30N4O3S2/c1-6-14-29-23(16-34(31,32)21-12-8-17(3)9-13-21)27-28-25(29)33-22(7-2)24(30)26-20-11-10-18(4)19(5)15-20/h6,8-13,15,22H,1,7,14,16H2,2-5H3,(H,26,30). The lowest BCUT2D eigenvalue weighted by molar-refractivity contribution is -0.115. The fourth-order valence-electron chi connectivity index (χ4n) is 3.32. The fourth-order valence-corrected chi connectivity index (χ4v) is 5.57. The van der Waals surface area contributed by atoms with Crippen LogP contribution in [0.4, 0.5) is 5.69 Å². The third kappa shape index (κ3) is 6.15. The van der Waals surface area contributed by atoms with Gasteiger partial charge >= 0.3 is 0 Å². The van der Waals surface area contributed by atoms with Crippen molar-refractivity contribution in [2.24, 2.45) is 0 Å². The highest BCUT2D eigenvalue weighted by atomic mass is 32.2. The summed E-state index contributed by atoms with van der Waals surface area (Å²) in [4.78, 5) is 13.2. The number of allylic oxidation sites excluding steroid dienone is 1. The van der Waals surface area contributed by atoms with E-state index in [4.69, 9.17) is 0 Å². The highest BCUT2D eigenvalue weighted by Crippen LogP contribution is 2.27. The van der Waals surface area contributed by atoms with Crippen LogP contribution in [-0.4, -0.2) is 34.3 Å². The molecule has 0 spiro atoms. The molecule has 0 aliphatic carbocycles. The Morgan fingerprint density at radius 1 is 1.12 bits per heavy atom. The average molecular weight is 499 g/mol. The molecule has 0 fully saturated rings. The van der Waals surface area contributed by atoms with Crippen molar-refractivity contribution in [3.63, 3.8) is 0 Å². The second-order valence-corrected chi connectivity index (χ2v) is 11.3. The smallest absolute Gasteiger partial charge is 0.237 e. The largest absolute Gasteiger partial charge is 0.325 e. The molecular weight excluding hydrogens is 468 g/mol. The van der Waals surface area contributed by atoms with Crippen LogP contribution >= 0.6 is 11.8 Å². The Labute approximate surface area is 205 Å². The number of benzene rings is 2. The van der Waals surface area contributed by atoms with Gasteiger partial charge in [-0.2, -0.15) is 0 Å². The number of nitrogens with zero attached hydrogens (tertiary/aromatic N) is 3. The van der Waals surface area contributed by atoms with E-state index in [-0.39, 0.29) is 16.6 Å². The number of hydrogen-bond donors (Lipinski definition) is 1. The van der Waals surface area contributed by atoms with Crippen molar-refractivity contribution in [3.05, 3.63) is 77.6 Å². The monoisotopic (exact) mass is 498 g/mol. The van der Waals surface area contributed by atoms with E-state index in [2.05, 4.69) is 22.1 Å². The summed E-state index contributed by atoms with van der Waals surface area (Å²) < 4.78 is 27.6. The molecule has 0 aliphatic heterocycles. The number of carbonyl (C=O) groups excluding carboxylic acids is 1. The normalized spacial score (nSPS) is 12.4. The van der Waals surface area contributed by atoms with Crippen LogP contribution in [0.15, 0.2) is 65.2 Å². The first-order chi connectivity index (χ1) is 16.1. The number of nitrogens with one attached hydrogen (secondary N) is 1. The van der Waals surface area contributed by atoms with Crippen LogP contribution in [0.1, 0.15) is 35.9 Å². The maximum atomic E-state index is 13.0. The second kappa shape index (κ2) is 11.0. The van der Waals surface area contributed by atoms with Crippen molar-refractivity contribution < 1.29 is 13.2 Å². The van der Waals surface area contributed by atoms with Crippen LogP contribution < -0.4 is 5.32 Å². The molecule has 3 aromatic rings. The molecule has 34 heavy (non-hydrogen) atoms. The second-order valence-electron chi connectivity index (χ2n) is 8.17. The molecule has 1 amide bonds. The summed E-state index contributed by atoms with van der Waals surface area (Å²) in [5.41, 5.74) is 3.98. The van der Waals surface area contributed by atoms with Crippen LogP contribution in [0.2, 0.25) is 0 Å². The molecule has 1 heterocycles. The summed E-state index contributed by atoms with van der Waals surface area (Å²) in [6.45, 7) is 12.0. The number of hydrogen-bond acceptors (Lipinski definition) is 6. The first-order valence-corrected chi connectivity index (χ1v) is 13.5. The predicted molar refractivity (Wildman–Crippen MR) is 137 cm³/mol. The number of aromatic nitrogens is 3. The molecule has 3 rings (SSSR count). The zero-order valence-corrected chi connectivity index (χ0v) is 21.5. The van der Waals surface area contributed by atoms with Crippen LogP contribution in [-0.2, 0) is 26.9 Å². The summed E-state index contributed by atoms with van der Waals surface area (Å²) in [6.07, 6.45) is 2.23. The highest BCUT2D eigenvalue weighted by molar-refractivity contribution is 8.00. The van der Waals surface area contributed by atoms with Crippen LogP contribution in [0, 0.1) is 20.8 Å². The maximum Gasteiger partial charge on any atom is 0.237 e. The highest BCUT2D eigenvalue weighted by Gasteiger charge is 2.25. The molecule has 1 aromatic heterocycles. The molecule has 0 saturated heterocycles. The van der Waals surface area contributed by atoms with Gasteiger partial charge < -0.3 is 9.88 Å². The van der Waals surface area contributed by atoms with Gasteiger partial charge in [0.05, 0.1) is 10.1 Å². The Hall–Kier alpha value is -2.91. The average Bonchev–Trinajstić information content (AvgIpc) is 3.15. The van der Waals surface area contributed by atoms with Gasteiger partial charge in [-0.3, -0.25) is 4.79 Å². The number of thioether (sulfide) groups is 1. The molecule has 7 nitrogen and oxygen atoms in total. The summed E-state index contributed by atoms with van der Waals surface area (Å²) in [5.74, 6) is -0.117. The predicted octanol–water partition coefficient (Wildman–Crippen LogP) is 4.87. The Morgan fingerprint density at radius 3 is 2.44 bits per heavy atom. The summed E-state index contributed by atoms with van der Waals surface area (Å²) in [5, 5.41) is 11.4. The fraction of sp³-hybridized carbons (Fsp3) is 0.320. The molecule has 9 heteroatoms. The Bertz CT molecular complexity index is 1280. The minimum Gasteiger partial charge on any atom is -0.325 e. The van der Waals surface area contributed by atoms with Gasteiger partial charge in [-0.05, 0) is 62.6 Å². The van der Waals surface area contributed by atoms with Gasteiger partial charge in [-0.1, -0.05) is 48.5 Å². The van der Waals surface area contributed by atoms with E-state index in [0.717, 1.165) is 22.4 Å². The molecule has 0 radical (unpaired) electrons. The number of rotatable bonds is 10. The minimum atomic E-state index is -3.60. The maximum absolute atomic E-state index is 13.0. The van der Waals surface area contributed by atoms with E-state index in [0.29, 0.717) is 23.9 Å². The van der Waals surface area contributed by atoms with Crippen molar-refractivity contribution >= 4 is 33.2 Å². The molecule has 1 unspecified atom stereocenters. The van der Waals surface area contributed by atoms with Gasteiger partial charge in [0.15, 0.2) is 15.0 Å². The lowest BCUT2D eigenvalue weighted by atomic mass is 10.1. The van der Waals surface area contributed by atoms with Crippen molar-refractivity contribution in [1.29, 1.82) is 0 Å². The summed E-state index contributed by atoms with van der Waals surface area (Å²) in [6, 6.07) is 12.5. The minimum absolute atomic E-state index is 0.141. The molecular formula is C25H30N4O3S2. The van der Waals surface area contributed by atoms with Crippen molar-refractivity contribution in [2.75, 3.05) is 5.32 Å². The molecule has 180 valence electrons. The third-order valence-corrected chi connectivity index (χ3v) is 8.46. The van der Waals surface area contributed by atoms with Crippen LogP contribution in [0.3, 0.4) is 0 Å². The lowest BCUT2D eigenvalue weighted by Gasteiger charge is -2.16.